The van der Waals surface area contributed by atoms with Gasteiger partial charge in [0.2, 0.25) is 0 Å². The van der Waals surface area contributed by atoms with Gasteiger partial charge in [-0.05, 0) is 6.07 Å². The van der Waals surface area contributed by atoms with Crippen molar-refractivity contribution in [3.05, 3.63) is 56.9 Å². The zero-order chi connectivity index (χ0) is 21.8. The Labute approximate surface area is 174 Å². The highest BCUT2D eigenvalue weighted by molar-refractivity contribution is 7.16. The van der Waals surface area contributed by atoms with Crippen LogP contribution in [0.5, 0.6) is 11.5 Å². The van der Waals surface area contributed by atoms with Gasteiger partial charge >= 0.3 is 5.97 Å². The monoisotopic (exact) mass is 431 g/mol. The Hall–Kier alpha value is -3.73. The molecule has 0 aliphatic heterocycles. The van der Waals surface area contributed by atoms with Crippen molar-refractivity contribution in [2.75, 3.05) is 21.3 Å². The highest BCUT2D eigenvalue weighted by Crippen LogP contribution is 2.33. The van der Waals surface area contributed by atoms with Gasteiger partial charge < -0.3 is 18.8 Å². The molecule has 0 unspecified atom stereocenters. The van der Waals surface area contributed by atoms with Crippen LogP contribution in [-0.2, 0) is 16.1 Å². The van der Waals surface area contributed by atoms with Gasteiger partial charge in [0.15, 0.2) is 16.3 Å². The van der Waals surface area contributed by atoms with E-state index in [1.165, 1.54) is 44.1 Å². The van der Waals surface area contributed by atoms with Crippen LogP contribution in [0, 0.1) is 10.1 Å². The molecule has 30 heavy (non-hydrogen) atoms. The molecule has 1 heterocycles. The Bertz CT molecular complexity index is 1210. The van der Waals surface area contributed by atoms with Crippen molar-refractivity contribution in [1.82, 2.24) is 4.57 Å². The van der Waals surface area contributed by atoms with Gasteiger partial charge in [-0.25, -0.2) is 0 Å². The van der Waals surface area contributed by atoms with Crippen LogP contribution in [0.2, 0.25) is 0 Å². The maximum absolute atomic E-state index is 12.7. The van der Waals surface area contributed by atoms with Gasteiger partial charge in [0.25, 0.3) is 11.6 Å². The number of aromatic nitrogens is 1. The summed E-state index contributed by atoms with van der Waals surface area (Å²) in [5.74, 6) is -0.289. The number of thiazole rings is 1. The third-order valence-electron chi connectivity index (χ3n) is 4.20. The number of carbonyl (C=O) groups is 2. The Morgan fingerprint density at radius 3 is 2.47 bits per heavy atom. The van der Waals surface area contributed by atoms with Crippen LogP contribution in [0.25, 0.3) is 10.2 Å². The first-order valence-corrected chi connectivity index (χ1v) is 9.35. The number of nitro benzene ring substituents is 1. The number of hydrogen-bond acceptors (Lipinski definition) is 8. The van der Waals surface area contributed by atoms with Gasteiger partial charge in [-0.15, -0.1) is 0 Å². The normalized spacial score (nSPS) is 11.4. The summed E-state index contributed by atoms with van der Waals surface area (Å²) in [6.45, 7) is -0.187. The first-order valence-electron chi connectivity index (χ1n) is 8.53. The molecule has 0 bridgehead atoms. The molecule has 0 radical (unpaired) electrons. The van der Waals surface area contributed by atoms with Crippen LogP contribution in [0.4, 0.5) is 5.69 Å². The number of carbonyl (C=O) groups excluding carboxylic acids is 2. The van der Waals surface area contributed by atoms with Crippen molar-refractivity contribution >= 4 is 39.1 Å². The Morgan fingerprint density at radius 2 is 1.83 bits per heavy atom. The van der Waals surface area contributed by atoms with Crippen LogP contribution in [0.1, 0.15) is 10.4 Å². The number of methoxy groups -OCH3 is 3. The minimum Gasteiger partial charge on any atom is -0.493 e. The lowest BCUT2D eigenvalue weighted by atomic mass is 10.2. The van der Waals surface area contributed by atoms with Crippen LogP contribution < -0.4 is 14.3 Å². The molecule has 1 aromatic heterocycles. The third-order valence-corrected chi connectivity index (χ3v) is 5.25. The summed E-state index contributed by atoms with van der Waals surface area (Å²) in [5.41, 5.74) is 0.430. The van der Waals surface area contributed by atoms with E-state index in [4.69, 9.17) is 14.2 Å². The predicted molar refractivity (Wildman–Crippen MR) is 108 cm³/mol. The Kier molecular flexibility index (Phi) is 6.11. The third kappa shape index (κ3) is 4.15. The molecule has 0 N–H and O–H groups in total. The average Bonchev–Trinajstić information content (AvgIpc) is 3.08. The molecule has 0 fully saturated rings. The van der Waals surface area contributed by atoms with Crippen molar-refractivity contribution in [3.63, 3.8) is 0 Å². The average molecular weight is 431 g/mol. The maximum Gasteiger partial charge on any atom is 0.325 e. The summed E-state index contributed by atoms with van der Waals surface area (Å²) in [5, 5.41) is 11.0. The lowest BCUT2D eigenvalue weighted by molar-refractivity contribution is -0.384. The fourth-order valence-electron chi connectivity index (χ4n) is 2.73. The Balaban J connectivity index is 2.19. The predicted octanol–water partition coefficient (Wildman–Crippen LogP) is 2.54. The quantitative estimate of drug-likeness (QED) is 0.334. The van der Waals surface area contributed by atoms with Crippen molar-refractivity contribution in [2.24, 2.45) is 4.99 Å². The molecule has 0 spiro atoms. The molecule has 3 rings (SSSR count). The van der Waals surface area contributed by atoms with E-state index < -0.39 is 16.8 Å². The molecule has 1 amide bonds. The highest BCUT2D eigenvalue weighted by Gasteiger charge is 2.17. The van der Waals surface area contributed by atoms with Gasteiger partial charge in [0.05, 0.1) is 36.5 Å². The molecule has 0 aliphatic carbocycles. The number of ether oxygens (including phenoxy) is 3. The summed E-state index contributed by atoms with van der Waals surface area (Å²) in [7, 11) is 4.24. The van der Waals surface area contributed by atoms with Gasteiger partial charge in [-0.1, -0.05) is 17.4 Å². The molecule has 156 valence electrons. The van der Waals surface area contributed by atoms with Crippen molar-refractivity contribution in [3.8, 4) is 11.5 Å². The van der Waals surface area contributed by atoms with E-state index in [1.54, 1.807) is 12.1 Å². The minimum atomic E-state index is -0.678. The molecule has 0 atom stereocenters. The van der Waals surface area contributed by atoms with E-state index in [-0.39, 0.29) is 22.6 Å². The molecule has 0 saturated carbocycles. The zero-order valence-corrected chi connectivity index (χ0v) is 17.1. The fourth-order valence-corrected chi connectivity index (χ4v) is 3.77. The minimum absolute atomic E-state index is 0.0569. The summed E-state index contributed by atoms with van der Waals surface area (Å²) >= 11 is 1.16. The molecule has 0 saturated heterocycles. The van der Waals surface area contributed by atoms with Gasteiger partial charge in [-0.3, -0.25) is 19.7 Å². The molecular formula is C19H17N3O7S. The number of fused-ring (bicyclic) bond motifs is 1. The first kappa shape index (κ1) is 21.0. The molecule has 11 heteroatoms. The second-order valence-corrected chi connectivity index (χ2v) is 6.96. The van der Waals surface area contributed by atoms with Crippen molar-refractivity contribution in [1.29, 1.82) is 0 Å². The van der Waals surface area contributed by atoms with E-state index in [0.29, 0.717) is 21.7 Å². The van der Waals surface area contributed by atoms with Crippen LogP contribution in [0.3, 0.4) is 0 Å². The number of amides is 1. The number of non-ortho nitro benzene ring substituents is 1. The van der Waals surface area contributed by atoms with Crippen molar-refractivity contribution in [2.45, 2.75) is 6.54 Å². The van der Waals surface area contributed by atoms with Crippen LogP contribution >= 0.6 is 11.3 Å². The number of nitro groups is 1. The van der Waals surface area contributed by atoms with Crippen LogP contribution in [0.15, 0.2) is 41.4 Å². The first-order chi connectivity index (χ1) is 14.4. The van der Waals surface area contributed by atoms with Gasteiger partial charge in [0.1, 0.15) is 6.54 Å². The summed E-state index contributed by atoms with van der Waals surface area (Å²) in [4.78, 5) is 39.3. The molecule has 0 aliphatic rings. The molecule has 3 aromatic rings. The topological polar surface area (TPSA) is 122 Å². The highest BCUT2D eigenvalue weighted by atomic mass is 32.1. The lowest BCUT2D eigenvalue weighted by Gasteiger charge is -2.09. The number of rotatable bonds is 6. The zero-order valence-electron chi connectivity index (χ0n) is 16.3. The summed E-state index contributed by atoms with van der Waals surface area (Å²) in [6, 6.07) is 8.66. The van der Waals surface area contributed by atoms with Gasteiger partial charge in [-0.2, -0.15) is 4.99 Å². The second-order valence-electron chi connectivity index (χ2n) is 5.95. The lowest BCUT2D eigenvalue weighted by Crippen LogP contribution is -2.22. The molecule has 2 aromatic carbocycles. The second kappa shape index (κ2) is 8.74. The van der Waals surface area contributed by atoms with Crippen LogP contribution in [-0.4, -0.2) is 42.7 Å². The maximum atomic E-state index is 12.7. The number of hydrogen-bond donors (Lipinski definition) is 0. The molecule has 10 nitrogen and oxygen atoms in total. The standard InChI is InChI=1S/C19H17N3O7S/c1-27-14-8-13-16(9-15(14)28-2)30-19(21(13)10-17(23)29-3)20-18(24)11-5-4-6-12(7-11)22(25)26/h4-9H,10H2,1-3H3. The number of benzene rings is 2. The summed E-state index contributed by atoms with van der Waals surface area (Å²) in [6.07, 6.45) is 0. The largest absolute Gasteiger partial charge is 0.493 e. The SMILES string of the molecule is COC(=O)Cn1c(=NC(=O)c2cccc([N+](=O)[O-])c2)sc2cc(OC)c(OC)cc21. The fraction of sp³-hybridized carbons (Fsp3) is 0.211. The molecular weight excluding hydrogens is 414 g/mol. The van der Waals surface area contributed by atoms with E-state index in [0.717, 1.165) is 17.4 Å². The van der Waals surface area contributed by atoms with E-state index in [9.17, 15) is 19.7 Å². The van der Waals surface area contributed by atoms with E-state index >= 15 is 0 Å². The smallest absolute Gasteiger partial charge is 0.325 e. The Morgan fingerprint density at radius 1 is 1.13 bits per heavy atom. The summed E-state index contributed by atoms with van der Waals surface area (Å²) < 4.78 is 17.6. The van der Waals surface area contributed by atoms with Gasteiger partial charge in [0, 0.05) is 29.8 Å². The number of nitrogens with zero attached hydrogens (tertiary/aromatic N) is 3. The van der Waals surface area contributed by atoms with E-state index in [2.05, 4.69) is 4.99 Å². The van der Waals surface area contributed by atoms with Crippen molar-refractivity contribution < 1.29 is 28.7 Å². The number of esters is 1. The van der Waals surface area contributed by atoms with E-state index in [1.807, 2.05) is 0 Å².